The number of hydrogen-bond donors (Lipinski definition) is 1. The van der Waals surface area contributed by atoms with Gasteiger partial charge in [-0.25, -0.2) is 0 Å². The molecule has 0 aromatic heterocycles. The molecule has 0 heterocycles. The summed E-state index contributed by atoms with van der Waals surface area (Å²) in [6.45, 7) is 12.4. The number of rotatable bonds is 14. The molecule has 3 heteroatoms. The molecule has 2 nitrogen and oxygen atoms in total. The predicted molar refractivity (Wildman–Crippen MR) is 85.4 cm³/mol. The zero-order chi connectivity index (χ0) is 14.4. The number of nitrogens with zero attached hydrogens (tertiary/aromatic N) is 1. The fourth-order valence-corrected chi connectivity index (χ4v) is 2.94. The molecular formula is C17H38INO. The third-order valence-electron chi connectivity index (χ3n) is 4.25. The van der Waals surface area contributed by atoms with Crippen molar-refractivity contribution in [3.05, 3.63) is 0 Å². The van der Waals surface area contributed by atoms with Crippen LogP contribution >= 0.6 is 0 Å². The SMILES string of the molecule is CCCCCC[N+](CCCC)(CCCC)CCCO.[I-]. The number of aliphatic hydroxyl groups excluding tert-OH is 1. The quantitative estimate of drug-likeness (QED) is 0.266. The first kappa shape index (κ1) is 22.9. The van der Waals surface area contributed by atoms with E-state index in [1.807, 2.05) is 0 Å². The summed E-state index contributed by atoms with van der Waals surface area (Å²) >= 11 is 0. The summed E-state index contributed by atoms with van der Waals surface area (Å²) in [6, 6.07) is 0. The van der Waals surface area contributed by atoms with Gasteiger partial charge in [-0.3, -0.25) is 0 Å². The molecule has 0 aromatic carbocycles. The number of hydrogen-bond acceptors (Lipinski definition) is 1. The van der Waals surface area contributed by atoms with Gasteiger partial charge >= 0.3 is 0 Å². The van der Waals surface area contributed by atoms with Gasteiger partial charge in [0.15, 0.2) is 0 Å². The van der Waals surface area contributed by atoms with Crippen LogP contribution in [0.2, 0.25) is 0 Å². The summed E-state index contributed by atoms with van der Waals surface area (Å²) in [5, 5.41) is 9.18. The highest BCUT2D eigenvalue weighted by molar-refractivity contribution is 4.50. The maximum atomic E-state index is 9.18. The molecule has 0 saturated heterocycles. The van der Waals surface area contributed by atoms with Crippen LogP contribution in [0.15, 0.2) is 0 Å². The Labute approximate surface area is 144 Å². The Bertz CT molecular complexity index is 166. The molecule has 0 aliphatic rings. The molecule has 1 N–H and O–H groups in total. The molecular weight excluding hydrogens is 361 g/mol. The number of aliphatic hydroxyl groups is 1. The molecule has 0 saturated carbocycles. The Balaban J connectivity index is 0. The van der Waals surface area contributed by atoms with Crippen LogP contribution in [0.1, 0.15) is 78.6 Å². The first-order valence-corrected chi connectivity index (χ1v) is 8.70. The molecule has 0 amide bonds. The lowest BCUT2D eigenvalue weighted by atomic mass is 10.1. The van der Waals surface area contributed by atoms with Crippen LogP contribution < -0.4 is 24.0 Å². The van der Waals surface area contributed by atoms with Crippen molar-refractivity contribution in [2.45, 2.75) is 78.6 Å². The average Bonchev–Trinajstić information content (AvgIpc) is 2.44. The van der Waals surface area contributed by atoms with Crippen molar-refractivity contribution < 1.29 is 33.6 Å². The summed E-state index contributed by atoms with van der Waals surface area (Å²) in [5.74, 6) is 0. The van der Waals surface area contributed by atoms with E-state index < -0.39 is 0 Å². The van der Waals surface area contributed by atoms with Gasteiger partial charge in [0.25, 0.3) is 0 Å². The monoisotopic (exact) mass is 399 g/mol. The zero-order valence-corrected chi connectivity index (χ0v) is 16.3. The van der Waals surface area contributed by atoms with Gasteiger partial charge in [0.05, 0.1) is 26.2 Å². The van der Waals surface area contributed by atoms with E-state index in [2.05, 4.69) is 20.8 Å². The summed E-state index contributed by atoms with van der Waals surface area (Å²) in [5.41, 5.74) is 0. The minimum absolute atomic E-state index is 0. The molecule has 0 aliphatic carbocycles. The van der Waals surface area contributed by atoms with Gasteiger partial charge in [0.2, 0.25) is 0 Å². The van der Waals surface area contributed by atoms with Crippen molar-refractivity contribution in [1.29, 1.82) is 0 Å². The zero-order valence-electron chi connectivity index (χ0n) is 14.2. The Morgan fingerprint density at radius 2 is 1.05 bits per heavy atom. The van der Waals surface area contributed by atoms with Crippen molar-refractivity contribution in [2.24, 2.45) is 0 Å². The molecule has 0 aromatic rings. The summed E-state index contributed by atoms with van der Waals surface area (Å²) in [4.78, 5) is 0. The first-order chi connectivity index (χ1) is 9.24. The van der Waals surface area contributed by atoms with Crippen molar-refractivity contribution in [2.75, 3.05) is 32.8 Å². The highest BCUT2D eigenvalue weighted by Gasteiger charge is 2.25. The van der Waals surface area contributed by atoms with E-state index in [4.69, 9.17) is 0 Å². The van der Waals surface area contributed by atoms with Crippen LogP contribution in [0.4, 0.5) is 0 Å². The lowest BCUT2D eigenvalue weighted by molar-refractivity contribution is -0.929. The van der Waals surface area contributed by atoms with Crippen LogP contribution in [0.3, 0.4) is 0 Å². The van der Waals surface area contributed by atoms with Crippen molar-refractivity contribution in [3.63, 3.8) is 0 Å². The number of unbranched alkanes of at least 4 members (excludes halogenated alkanes) is 5. The third kappa shape index (κ3) is 11.3. The summed E-state index contributed by atoms with van der Waals surface area (Å²) < 4.78 is 1.27. The predicted octanol–water partition coefficient (Wildman–Crippen LogP) is 1.37. The van der Waals surface area contributed by atoms with Crippen LogP contribution in [0.25, 0.3) is 0 Å². The fourth-order valence-electron chi connectivity index (χ4n) is 2.94. The molecule has 0 spiro atoms. The van der Waals surface area contributed by atoms with E-state index in [1.165, 1.54) is 82.0 Å². The summed E-state index contributed by atoms with van der Waals surface area (Å²) in [6.07, 6.45) is 11.7. The Hall–Kier alpha value is 0.650. The highest BCUT2D eigenvalue weighted by atomic mass is 127. The van der Waals surface area contributed by atoms with Crippen molar-refractivity contribution in [1.82, 2.24) is 0 Å². The second-order valence-electron chi connectivity index (χ2n) is 6.08. The van der Waals surface area contributed by atoms with E-state index in [1.54, 1.807) is 0 Å². The molecule has 0 bridgehead atoms. The normalized spacial score (nSPS) is 11.4. The molecule has 0 radical (unpaired) electrons. The standard InChI is InChI=1S/C17H38NO.HI/c1-4-7-10-11-15-18(13-8-5-2,14-9-6-3)16-12-17-19;/h19H,4-17H2,1-3H3;1H/q+1;/p-1. The molecule has 20 heavy (non-hydrogen) atoms. The molecule has 0 atom stereocenters. The van der Waals surface area contributed by atoms with E-state index in [0.29, 0.717) is 6.61 Å². The van der Waals surface area contributed by atoms with E-state index in [-0.39, 0.29) is 24.0 Å². The number of quaternary nitrogens is 1. The third-order valence-corrected chi connectivity index (χ3v) is 4.25. The van der Waals surface area contributed by atoms with Gasteiger partial charge in [0, 0.05) is 13.0 Å². The van der Waals surface area contributed by atoms with Gasteiger partial charge < -0.3 is 33.6 Å². The van der Waals surface area contributed by atoms with Gasteiger partial charge in [-0.15, -0.1) is 0 Å². The minimum Gasteiger partial charge on any atom is -1.00 e. The summed E-state index contributed by atoms with van der Waals surface area (Å²) in [7, 11) is 0. The van der Waals surface area contributed by atoms with Crippen LogP contribution in [-0.4, -0.2) is 42.4 Å². The van der Waals surface area contributed by atoms with Gasteiger partial charge in [-0.2, -0.15) is 0 Å². The molecule has 0 fully saturated rings. The van der Waals surface area contributed by atoms with Crippen molar-refractivity contribution >= 4 is 0 Å². The maximum absolute atomic E-state index is 9.18. The Morgan fingerprint density at radius 3 is 1.50 bits per heavy atom. The lowest BCUT2D eigenvalue weighted by Crippen LogP contribution is -3.00. The van der Waals surface area contributed by atoms with Gasteiger partial charge in [-0.05, 0) is 25.7 Å². The van der Waals surface area contributed by atoms with Crippen LogP contribution in [-0.2, 0) is 0 Å². The lowest BCUT2D eigenvalue weighted by Gasteiger charge is -2.39. The second-order valence-corrected chi connectivity index (χ2v) is 6.08. The molecule has 0 aliphatic heterocycles. The van der Waals surface area contributed by atoms with Crippen LogP contribution in [0, 0.1) is 0 Å². The molecule has 0 unspecified atom stereocenters. The van der Waals surface area contributed by atoms with E-state index in [0.717, 1.165) is 6.42 Å². The van der Waals surface area contributed by atoms with Crippen LogP contribution in [0.5, 0.6) is 0 Å². The minimum atomic E-state index is 0. The smallest absolute Gasteiger partial charge is 0.0808 e. The highest BCUT2D eigenvalue weighted by Crippen LogP contribution is 2.16. The van der Waals surface area contributed by atoms with E-state index in [9.17, 15) is 5.11 Å². The average molecular weight is 399 g/mol. The van der Waals surface area contributed by atoms with Gasteiger partial charge in [-0.1, -0.05) is 46.5 Å². The van der Waals surface area contributed by atoms with Gasteiger partial charge in [0.1, 0.15) is 0 Å². The van der Waals surface area contributed by atoms with E-state index >= 15 is 0 Å². The first-order valence-electron chi connectivity index (χ1n) is 8.70. The number of halogens is 1. The Kier molecular flexibility index (Phi) is 18.4. The van der Waals surface area contributed by atoms with Crippen molar-refractivity contribution in [3.8, 4) is 0 Å². The largest absolute Gasteiger partial charge is 1.00 e. The topological polar surface area (TPSA) is 20.2 Å². The fraction of sp³-hybridized carbons (Fsp3) is 1.00. The Morgan fingerprint density at radius 1 is 0.600 bits per heavy atom. The second kappa shape index (κ2) is 16.0. The maximum Gasteiger partial charge on any atom is 0.0808 e. The molecule has 0 rings (SSSR count). The molecule has 124 valence electrons.